The monoisotopic (exact) mass is 579 g/mol. The van der Waals surface area contributed by atoms with Crippen molar-refractivity contribution in [1.29, 1.82) is 0 Å². The predicted molar refractivity (Wildman–Crippen MR) is 162 cm³/mol. The molecule has 0 heterocycles. The van der Waals surface area contributed by atoms with E-state index < -0.39 is 23.4 Å². The van der Waals surface area contributed by atoms with Crippen molar-refractivity contribution in [3.05, 3.63) is 119 Å². The molecule has 0 saturated carbocycles. The summed E-state index contributed by atoms with van der Waals surface area (Å²) in [7, 11) is 2.68. The molecule has 4 aromatic rings. The Kier molecular flexibility index (Phi) is 10.1. The van der Waals surface area contributed by atoms with Crippen LogP contribution in [0.2, 0.25) is 0 Å². The summed E-state index contributed by atoms with van der Waals surface area (Å²) in [6.45, 7) is 1.90. The van der Waals surface area contributed by atoms with E-state index in [1.54, 1.807) is 31.2 Å². The number of hydrogen-bond acceptors (Lipinski definition) is 7. The number of carbonyl (C=O) groups is 4. The van der Waals surface area contributed by atoms with Gasteiger partial charge in [-0.25, -0.2) is 14.4 Å². The standard InChI is InChI=1S/C35H33NO7/c1-4-43-34(40)35(36-23-37,21-24-5-9-26(10-6-24)28-13-17-30(18-14-28)32(38)41-2)22-25-7-11-27(12-8-25)29-15-19-31(20-16-29)33(39)42-3/h5-20,23H,4,21-22H2,1-3H3,(H,36,37). The zero-order valence-electron chi connectivity index (χ0n) is 24.3. The van der Waals surface area contributed by atoms with Crippen LogP contribution in [0.4, 0.5) is 0 Å². The number of ether oxygens (including phenoxy) is 3. The van der Waals surface area contributed by atoms with Crippen LogP contribution in [0, 0.1) is 0 Å². The Morgan fingerprint density at radius 3 is 1.28 bits per heavy atom. The van der Waals surface area contributed by atoms with Crippen LogP contribution >= 0.6 is 0 Å². The molecule has 0 aliphatic heterocycles. The molecule has 1 N–H and O–H groups in total. The van der Waals surface area contributed by atoms with Crippen LogP contribution in [0.5, 0.6) is 0 Å². The van der Waals surface area contributed by atoms with Gasteiger partial charge in [0.25, 0.3) is 0 Å². The number of benzene rings is 4. The third kappa shape index (κ3) is 7.35. The summed E-state index contributed by atoms with van der Waals surface area (Å²) in [4.78, 5) is 48.6. The molecule has 0 saturated heterocycles. The highest BCUT2D eigenvalue weighted by Crippen LogP contribution is 2.27. The molecule has 0 atom stereocenters. The van der Waals surface area contributed by atoms with Gasteiger partial charge in [-0.2, -0.15) is 0 Å². The molecule has 0 radical (unpaired) electrons. The Bertz CT molecular complexity index is 1450. The van der Waals surface area contributed by atoms with E-state index in [0.717, 1.165) is 33.4 Å². The van der Waals surface area contributed by atoms with Gasteiger partial charge in [0, 0.05) is 12.8 Å². The summed E-state index contributed by atoms with van der Waals surface area (Å²) in [5, 5.41) is 2.77. The predicted octanol–water partition coefficient (Wildman–Crippen LogP) is 5.43. The molecule has 4 rings (SSSR count). The van der Waals surface area contributed by atoms with Crippen molar-refractivity contribution in [2.24, 2.45) is 0 Å². The first kappa shape index (κ1) is 30.7. The molecule has 0 aromatic heterocycles. The molecule has 0 unspecified atom stereocenters. The molecule has 220 valence electrons. The molecule has 43 heavy (non-hydrogen) atoms. The van der Waals surface area contributed by atoms with Crippen molar-refractivity contribution < 1.29 is 33.4 Å². The summed E-state index contributed by atoms with van der Waals surface area (Å²) in [6.07, 6.45) is 0.955. The number of esters is 3. The van der Waals surface area contributed by atoms with Gasteiger partial charge in [-0.05, 0) is 64.6 Å². The van der Waals surface area contributed by atoms with E-state index in [-0.39, 0.29) is 19.4 Å². The summed E-state index contributed by atoms with van der Waals surface area (Å²) >= 11 is 0. The maximum Gasteiger partial charge on any atom is 0.337 e. The molecule has 0 aliphatic carbocycles. The lowest BCUT2D eigenvalue weighted by Gasteiger charge is -2.31. The minimum absolute atomic E-state index is 0.169. The summed E-state index contributed by atoms with van der Waals surface area (Å²) in [6, 6.07) is 29.5. The normalized spacial score (nSPS) is 10.9. The lowest BCUT2D eigenvalue weighted by molar-refractivity contribution is -0.152. The second-order valence-electron chi connectivity index (χ2n) is 9.95. The first-order chi connectivity index (χ1) is 20.8. The summed E-state index contributed by atoms with van der Waals surface area (Å²) < 4.78 is 15.0. The van der Waals surface area contributed by atoms with Crippen molar-refractivity contribution in [2.45, 2.75) is 25.3 Å². The van der Waals surface area contributed by atoms with E-state index in [9.17, 15) is 19.2 Å². The third-order valence-electron chi connectivity index (χ3n) is 7.20. The lowest BCUT2D eigenvalue weighted by atomic mass is 9.84. The van der Waals surface area contributed by atoms with Crippen molar-refractivity contribution in [3.63, 3.8) is 0 Å². The van der Waals surface area contributed by atoms with Gasteiger partial charge in [0.1, 0.15) is 5.54 Å². The summed E-state index contributed by atoms with van der Waals surface area (Å²) in [5.41, 5.74) is 4.97. The van der Waals surface area contributed by atoms with E-state index in [2.05, 4.69) is 5.32 Å². The smallest absolute Gasteiger partial charge is 0.337 e. The quantitative estimate of drug-likeness (QED) is 0.136. The van der Waals surface area contributed by atoms with Crippen molar-refractivity contribution in [2.75, 3.05) is 20.8 Å². The second kappa shape index (κ2) is 14.1. The first-order valence-corrected chi connectivity index (χ1v) is 13.8. The maximum atomic E-state index is 13.3. The number of hydrogen-bond donors (Lipinski definition) is 1. The van der Waals surface area contributed by atoms with Gasteiger partial charge < -0.3 is 19.5 Å². The fraction of sp³-hybridized carbons (Fsp3) is 0.200. The van der Waals surface area contributed by atoms with Crippen LogP contribution in [0.3, 0.4) is 0 Å². The SMILES string of the molecule is CCOC(=O)C(Cc1ccc(-c2ccc(C(=O)OC)cc2)cc1)(Cc1ccc(-c2ccc(C(=O)OC)cc2)cc1)NC=O. The van der Waals surface area contributed by atoms with Gasteiger partial charge >= 0.3 is 17.9 Å². The van der Waals surface area contributed by atoms with Crippen LogP contribution < -0.4 is 5.32 Å². The Labute approximate surface area is 250 Å². The molecule has 0 fully saturated rings. The molecule has 0 bridgehead atoms. The van der Waals surface area contributed by atoms with Crippen LogP contribution in [0.25, 0.3) is 22.3 Å². The highest BCUT2D eigenvalue weighted by molar-refractivity contribution is 5.90. The molecule has 0 spiro atoms. The number of carbonyl (C=O) groups excluding carboxylic acids is 4. The average Bonchev–Trinajstić information content (AvgIpc) is 3.05. The van der Waals surface area contributed by atoms with Gasteiger partial charge in [-0.3, -0.25) is 4.79 Å². The van der Waals surface area contributed by atoms with E-state index in [4.69, 9.17) is 14.2 Å². The lowest BCUT2D eigenvalue weighted by Crippen LogP contribution is -2.56. The largest absolute Gasteiger partial charge is 0.465 e. The maximum absolute atomic E-state index is 13.3. The van der Waals surface area contributed by atoms with Crippen molar-refractivity contribution >= 4 is 24.3 Å². The van der Waals surface area contributed by atoms with E-state index in [1.807, 2.05) is 72.8 Å². The molecular formula is C35H33NO7. The van der Waals surface area contributed by atoms with Gasteiger partial charge in [0.05, 0.1) is 32.0 Å². The number of methoxy groups -OCH3 is 2. The fourth-order valence-electron chi connectivity index (χ4n) is 4.91. The van der Waals surface area contributed by atoms with Crippen molar-refractivity contribution in [1.82, 2.24) is 5.32 Å². The minimum Gasteiger partial charge on any atom is -0.465 e. The van der Waals surface area contributed by atoms with Gasteiger partial charge in [-0.1, -0.05) is 72.8 Å². The highest BCUT2D eigenvalue weighted by Gasteiger charge is 2.40. The molecule has 4 aromatic carbocycles. The highest BCUT2D eigenvalue weighted by atomic mass is 16.5. The first-order valence-electron chi connectivity index (χ1n) is 13.8. The van der Waals surface area contributed by atoms with Crippen molar-refractivity contribution in [3.8, 4) is 22.3 Å². The van der Waals surface area contributed by atoms with Crippen LogP contribution in [0.1, 0.15) is 38.8 Å². The Balaban J connectivity index is 1.56. The fourth-order valence-corrected chi connectivity index (χ4v) is 4.91. The van der Waals surface area contributed by atoms with E-state index >= 15 is 0 Å². The van der Waals surface area contributed by atoms with E-state index in [1.165, 1.54) is 14.2 Å². The molecule has 1 amide bonds. The van der Waals surface area contributed by atoms with Crippen LogP contribution in [0.15, 0.2) is 97.1 Å². The summed E-state index contributed by atoms with van der Waals surface area (Å²) in [5.74, 6) is -1.32. The van der Waals surface area contributed by atoms with Gasteiger partial charge in [0.15, 0.2) is 0 Å². The molecular weight excluding hydrogens is 546 g/mol. The van der Waals surface area contributed by atoms with E-state index in [0.29, 0.717) is 17.5 Å². The van der Waals surface area contributed by atoms with Gasteiger partial charge in [-0.15, -0.1) is 0 Å². The zero-order valence-corrected chi connectivity index (χ0v) is 24.3. The minimum atomic E-state index is -1.33. The third-order valence-corrected chi connectivity index (χ3v) is 7.20. The Morgan fingerprint density at radius 2 is 0.977 bits per heavy atom. The zero-order chi connectivity index (χ0) is 30.8. The molecule has 0 aliphatic rings. The Hall–Kier alpha value is -5.24. The number of rotatable bonds is 12. The molecule has 8 heteroatoms. The number of amides is 1. The average molecular weight is 580 g/mol. The number of nitrogens with one attached hydrogen (secondary N) is 1. The Morgan fingerprint density at radius 1 is 0.628 bits per heavy atom. The van der Waals surface area contributed by atoms with Gasteiger partial charge in [0.2, 0.25) is 6.41 Å². The second-order valence-corrected chi connectivity index (χ2v) is 9.95. The molecule has 8 nitrogen and oxygen atoms in total. The van der Waals surface area contributed by atoms with Crippen LogP contribution in [-0.4, -0.2) is 50.7 Å². The topological polar surface area (TPSA) is 108 Å². The van der Waals surface area contributed by atoms with Crippen LogP contribution in [-0.2, 0) is 36.6 Å².